The minimum absolute atomic E-state index is 0.0538. The van der Waals surface area contributed by atoms with E-state index >= 15 is 0 Å². The van der Waals surface area contributed by atoms with Crippen molar-refractivity contribution in [2.45, 2.75) is 57.8 Å². The van der Waals surface area contributed by atoms with Crippen LogP contribution in [0.4, 0.5) is 13.2 Å². The van der Waals surface area contributed by atoms with E-state index in [1.165, 1.54) is 31.7 Å². The normalized spacial score (nSPS) is 26.1. The van der Waals surface area contributed by atoms with Crippen molar-refractivity contribution in [1.82, 2.24) is 0 Å². The molecule has 0 radical (unpaired) electrons. The summed E-state index contributed by atoms with van der Waals surface area (Å²) >= 11 is 0. The van der Waals surface area contributed by atoms with E-state index in [4.69, 9.17) is 4.74 Å². The third-order valence-electron chi connectivity index (χ3n) is 7.08. The van der Waals surface area contributed by atoms with Gasteiger partial charge >= 0.3 is 5.97 Å². The van der Waals surface area contributed by atoms with Crippen LogP contribution in [0.3, 0.4) is 0 Å². The summed E-state index contributed by atoms with van der Waals surface area (Å²) in [6.45, 7) is 2.27. The van der Waals surface area contributed by atoms with Gasteiger partial charge < -0.3 is 4.74 Å². The van der Waals surface area contributed by atoms with Crippen LogP contribution in [0.5, 0.6) is 5.75 Å². The first-order valence-electron chi connectivity index (χ1n) is 10.9. The van der Waals surface area contributed by atoms with Gasteiger partial charge in [0.15, 0.2) is 11.6 Å². The van der Waals surface area contributed by atoms with Crippen molar-refractivity contribution in [2.75, 3.05) is 0 Å². The Hall–Kier alpha value is -2.30. The lowest BCUT2D eigenvalue weighted by atomic mass is 9.63. The maximum atomic E-state index is 14.9. The molecule has 2 saturated carbocycles. The van der Waals surface area contributed by atoms with E-state index in [9.17, 15) is 18.0 Å². The molecule has 2 aliphatic rings. The van der Waals surface area contributed by atoms with Crippen LogP contribution in [0.25, 0.3) is 0 Å². The second-order valence-electron chi connectivity index (χ2n) is 8.82. The SMILES string of the molecule is CCC1CCC2CC(c3ccc(C(=O)Oc4ccc(F)c(F)c4)cc3F)CCC2C1. The number of fused-ring (bicyclic) bond motifs is 1. The number of halogens is 3. The second-order valence-corrected chi connectivity index (χ2v) is 8.82. The molecule has 0 N–H and O–H groups in total. The molecule has 2 nitrogen and oxygen atoms in total. The minimum atomic E-state index is -1.11. The Labute approximate surface area is 175 Å². The van der Waals surface area contributed by atoms with Gasteiger partial charge in [0.05, 0.1) is 5.56 Å². The maximum Gasteiger partial charge on any atom is 0.343 e. The zero-order chi connectivity index (χ0) is 21.3. The van der Waals surface area contributed by atoms with Gasteiger partial charge in [-0.15, -0.1) is 0 Å². The Morgan fingerprint density at radius 3 is 2.40 bits per heavy atom. The Kier molecular flexibility index (Phi) is 6.16. The number of hydrogen-bond donors (Lipinski definition) is 0. The number of carbonyl (C=O) groups excluding carboxylic acids is 1. The standard InChI is InChI=1S/C25H27F3O2/c1-2-15-3-4-17-12-18(6-5-16(17)11-15)21-9-7-19(13-23(21)27)25(29)30-20-8-10-22(26)24(28)14-20/h7-10,13-18H,2-6,11-12H2,1H3. The maximum absolute atomic E-state index is 14.9. The monoisotopic (exact) mass is 416 g/mol. The van der Waals surface area contributed by atoms with E-state index in [-0.39, 0.29) is 17.2 Å². The van der Waals surface area contributed by atoms with Gasteiger partial charge in [-0.1, -0.05) is 25.8 Å². The Balaban J connectivity index is 1.43. The lowest BCUT2D eigenvalue weighted by Gasteiger charge is -2.42. The van der Waals surface area contributed by atoms with Gasteiger partial charge in [0.2, 0.25) is 0 Å². The molecule has 0 heterocycles. The molecular formula is C25H27F3O2. The van der Waals surface area contributed by atoms with Crippen LogP contribution >= 0.6 is 0 Å². The number of carbonyl (C=O) groups is 1. The van der Waals surface area contributed by atoms with Crippen LogP contribution in [0.15, 0.2) is 36.4 Å². The van der Waals surface area contributed by atoms with Crippen molar-refractivity contribution < 1.29 is 22.7 Å². The van der Waals surface area contributed by atoms with Crippen molar-refractivity contribution in [1.29, 1.82) is 0 Å². The number of rotatable bonds is 4. The fourth-order valence-corrected chi connectivity index (χ4v) is 5.33. The summed E-state index contributed by atoms with van der Waals surface area (Å²) in [6.07, 6.45) is 8.21. The number of benzene rings is 2. The molecule has 4 atom stereocenters. The van der Waals surface area contributed by atoms with E-state index in [0.29, 0.717) is 11.5 Å². The molecule has 2 aromatic rings. The van der Waals surface area contributed by atoms with Gasteiger partial charge in [0, 0.05) is 6.07 Å². The second kappa shape index (κ2) is 8.83. The molecule has 0 amide bonds. The first kappa shape index (κ1) is 21.0. The molecule has 30 heavy (non-hydrogen) atoms. The number of esters is 1. The topological polar surface area (TPSA) is 26.3 Å². The van der Waals surface area contributed by atoms with Crippen molar-refractivity contribution in [2.24, 2.45) is 17.8 Å². The highest BCUT2D eigenvalue weighted by atomic mass is 19.2. The summed E-state index contributed by atoms with van der Waals surface area (Å²) in [5.41, 5.74) is 0.716. The van der Waals surface area contributed by atoms with Gasteiger partial charge in [0.1, 0.15) is 11.6 Å². The van der Waals surface area contributed by atoms with E-state index in [0.717, 1.165) is 49.3 Å². The Morgan fingerprint density at radius 1 is 0.900 bits per heavy atom. The number of ether oxygens (including phenoxy) is 1. The highest BCUT2D eigenvalue weighted by molar-refractivity contribution is 5.91. The van der Waals surface area contributed by atoms with Crippen LogP contribution in [-0.2, 0) is 0 Å². The smallest absolute Gasteiger partial charge is 0.343 e. The molecule has 2 aliphatic carbocycles. The fourth-order valence-electron chi connectivity index (χ4n) is 5.33. The lowest BCUT2D eigenvalue weighted by molar-refractivity contribution is 0.0733. The molecule has 0 spiro atoms. The highest BCUT2D eigenvalue weighted by Crippen LogP contribution is 2.48. The minimum Gasteiger partial charge on any atom is -0.423 e. The van der Waals surface area contributed by atoms with Crippen LogP contribution < -0.4 is 4.74 Å². The van der Waals surface area contributed by atoms with Crippen LogP contribution in [-0.4, -0.2) is 5.97 Å². The third-order valence-corrected chi connectivity index (χ3v) is 7.08. The Bertz CT molecular complexity index is 927. The molecule has 4 unspecified atom stereocenters. The molecule has 5 heteroatoms. The van der Waals surface area contributed by atoms with E-state index < -0.39 is 23.4 Å². The number of hydrogen-bond acceptors (Lipinski definition) is 2. The highest BCUT2D eigenvalue weighted by Gasteiger charge is 2.36. The summed E-state index contributed by atoms with van der Waals surface area (Å²) < 4.78 is 46.2. The van der Waals surface area contributed by atoms with E-state index in [1.54, 1.807) is 12.1 Å². The molecule has 0 aliphatic heterocycles. The predicted octanol–water partition coefficient (Wildman–Crippen LogP) is 7.03. The summed E-state index contributed by atoms with van der Waals surface area (Å²) in [7, 11) is 0. The predicted molar refractivity (Wildman–Crippen MR) is 109 cm³/mol. The summed E-state index contributed by atoms with van der Waals surface area (Å²) in [6, 6.07) is 7.26. The van der Waals surface area contributed by atoms with Gasteiger partial charge in [-0.3, -0.25) is 0 Å². The third kappa shape index (κ3) is 4.40. The molecule has 0 aromatic heterocycles. The first-order chi connectivity index (χ1) is 14.4. The fraction of sp³-hybridized carbons (Fsp3) is 0.480. The largest absolute Gasteiger partial charge is 0.423 e. The van der Waals surface area contributed by atoms with Crippen molar-refractivity contribution in [3.8, 4) is 5.75 Å². The molecule has 160 valence electrons. The molecule has 2 fully saturated rings. The van der Waals surface area contributed by atoms with Gasteiger partial charge in [0.25, 0.3) is 0 Å². The van der Waals surface area contributed by atoms with E-state index in [1.807, 2.05) is 0 Å². The Morgan fingerprint density at radius 2 is 1.67 bits per heavy atom. The molecule has 0 bridgehead atoms. The summed E-state index contributed by atoms with van der Waals surface area (Å²) in [4.78, 5) is 12.3. The van der Waals surface area contributed by atoms with Gasteiger partial charge in [-0.2, -0.15) is 0 Å². The van der Waals surface area contributed by atoms with Gasteiger partial charge in [-0.25, -0.2) is 18.0 Å². The average Bonchev–Trinajstić information content (AvgIpc) is 2.75. The summed E-state index contributed by atoms with van der Waals surface area (Å²) in [5, 5.41) is 0. The van der Waals surface area contributed by atoms with Crippen LogP contribution in [0.2, 0.25) is 0 Å². The zero-order valence-electron chi connectivity index (χ0n) is 17.2. The lowest BCUT2D eigenvalue weighted by Crippen LogP contribution is -2.30. The average molecular weight is 416 g/mol. The van der Waals surface area contributed by atoms with Gasteiger partial charge in [-0.05, 0) is 85.6 Å². The van der Waals surface area contributed by atoms with Crippen molar-refractivity contribution in [3.63, 3.8) is 0 Å². The summed E-state index contributed by atoms with van der Waals surface area (Å²) in [5.74, 6) is -0.983. The van der Waals surface area contributed by atoms with Crippen molar-refractivity contribution >= 4 is 5.97 Å². The van der Waals surface area contributed by atoms with Crippen LogP contribution in [0, 0.1) is 35.2 Å². The zero-order valence-corrected chi connectivity index (χ0v) is 17.2. The van der Waals surface area contributed by atoms with Crippen molar-refractivity contribution in [3.05, 3.63) is 65.0 Å². The van der Waals surface area contributed by atoms with E-state index in [2.05, 4.69) is 6.92 Å². The molecule has 2 aromatic carbocycles. The molecule has 4 rings (SSSR count). The molecular weight excluding hydrogens is 389 g/mol. The first-order valence-corrected chi connectivity index (χ1v) is 10.9. The molecule has 0 saturated heterocycles. The quantitative estimate of drug-likeness (QED) is 0.395. The van der Waals surface area contributed by atoms with Crippen LogP contribution in [0.1, 0.15) is 73.7 Å².